The van der Waals surface area contributed by atoms with Gasteiger partial charge in [0.1, 0.15) is 0 Å². The minimum Gasteiger partial charge on any atom is -0.481 e. The molecule has 0 aromatic heterocycles. The molecule has 0 aromatic carbocycles. The smallest absolute Gasteiger partial charge is 0.303 e. The van der Waals surface area contributed by atoms with Crippen molar-refractivity contribution in [2.24, 2.45) is 0 Å². The maximum atomic E-state index is 10.3. The number of carboxylic acid groups (broad SMARTS) is 1. The van der Waals surface area contributed by atoms with Gasteiger partial charge in [-0.15, -0.1) is 0 Å². The van der Waals surface area contributed by atoms with Crippen LogP contribution in [0.1, 0.15) is 19.8 Å². The van der Waals surface area contributed by atoms with Crippen LogP contribution in [0.2, 0.25) is 0 Å². The predicted molar refractivity (Wildman–Crippen MR) is 44.1 cm³/mol. The van der Waals surface area contributed by atoms with Gasteiger partial charge in [-0.05, 0) is 13.3 Å². The van der Waals surface area contributed by atoms with E-state index >= 15 is 0 Å². The zero-order chi connectivity index (χ0) is 9.03. The van der Waals surface area contributed by atoms with Gasteiger partial charge in [-0.25, -0.2) is 0 Å². The summed E-state index contributed by atoms with van der Waals surface area (Å²) < 4.78 is 5.49. The van der Waals surface area contributed by atoms with Crippen LogP contribution in [0.3, 0.4) is 0 Å². The number of morpholine rings is 1. The first-order valence-electron chi connectivity index (χ1n) is 4.19. The molecule has 1 fully saturated rings. The van der Waals surface area contributed by atoms with Crippen LogP contribution in [-0.4, -0.2) is 36.4 Å². The van der Waals surface area contributed by atoms with Crippen molar-refractivity contribution in [2.75, 3.05) is 19.7 Å². The molecule has 0 radical (unpaired) electrons. The molecule has 4 heteroatoms. The van der Waals surface area contributed by atoms with Crippen LogP contribution in [0, 0.1) is 0 Å². The van der Waals surface area contributed by atoms with Crippen LogP contribution in [0.4, 0.5) is 0 Å². The quantitative estimate of drug-likeness (QED) is 0.641. The van der Waals surface area contributed by atoms with E-state index in [-0.39, 0.29) is 12.0 Å². The Kier molecular flexibility index (Phi) is 3.05. The van der Waals surface area contributed by atoms with Crippen LogP contribution >= 0.6 is 0 Å². The van der Waals surface area contributed by atoms with Crippen LogP contribution < -0.4 is 5.32 Å². The number of rotatable bonds is 3. The molecule has 1 aliphatic rings. The Morgan fingerprint density at radius 2 is 2.50 bits per heavy atom. The number of ether oxygens (including phenoxy) is 1. The fraction of sp³-hybridized carbons (Fsp3) is 0.875. The third-order valence-electron chi connectivity index (χ3n) is 2.10. The molecule has 4 nitrogen and oxygen atoms in total. The third-order valence-corrected chi connectivity index (χ3v) is 2.10. The standard InChI is InChI=1S/C8H15NO3/c1-8(3-2-7(10)11)6-9-4-5-12-8/h9H,2-6H2,1H3,(H,10,11). The Morgan fingerprint density at radius 1 is 1.75 bits per heavy atom. The van der Waals surface area contributed by atoms with Crippen molar-refractivity contribution in [3.8, 4) is 0 Å². The monoisotopic (exact) mass is 173 g/mol. The van der Waals surface area contributed by atoms with E-state index in [4.69, 9.17) is 9.84 Å². The van der Waals surface area contributed by atoms with Crippen molar-refractivity contribution in [3.05, 3.63) is 0 Å². The van der Waals surface area contributed by atoms with Gasteiger partial charge in [0, 0.05) is 19.5 Å². The fourth-order valence-corrected chi connectivity index (χ4v) is 1.31. The summed E-state index contributed by atoms with van der Waals surface area (Å²) in [7, 11) is 0. The van der Waals surface area contributed by atoms with Gasteiger partial charge in [-0.1, -0.05) is 0 Å². The van der Waals surface area contributed by atoms with Gasteiger partial charge in [0.25, 0.3) is 0 Å². The highest BCUT2D eigenvalue weighted by molar-refractivity contribution is 5.66. The molecule has 0 aromatic rings. The molecule has 12 heavy (non-hydrogen) atoms. The van der Waals surface area contributed by atoms with E-state index in [0.717, 1.165) is 13.1 Å². The van der Waals surface area contributed by atoms with Gasteiger partial charge in [-0.3, -0.25) is 4.79 Å². The number of carboxylic acids is 1. The number of hydrogen-bond donors (Lipinski definition) is 2. The third kappa shape index (κ3) is 2.79. The Bertz CT molecular complexity index is 164. The average molecular weight is 173 g/mol. The highest BCUT2D eigenvalue weighted by atomic mass is 16.5. The molecule has 0 aliphatic carbocycles. The Morgan fingerprint density at radius 3 is 3.00 bits per heavy atom. The van der Waals surface area contributed by atoms with E-state index in [1.165, 1.54) is 0 Å². The summed E-state index contributed by atoms with van der Waals surface area (Å²) in [5, 5.41) is 11.7. The summed E-state index contributed by atoms with van der Waals surface area (Å²) in [6.07, 6.45) is 0.757. The molecule has 0 saturated carbocycles. The second kappa shape index (κ2) is 3.87. The van der Waals surface area contributed by atoms with E-state index in [1.54, 1.807) is 0 Å². The van der Waals surface area contributed by atoms with Crippen molar-refractivity contribution in [1.82, 2.24) is 5.32 Å². The number of carbonyl (C=O) groups is 1. The molecule has 0 spiro atoms. The lowest BCUT2D eigenvalue weighted by molar-refractivity contribution is -0.139. The van der Waals surface area contributed by atoms with E-state index in [1.807, 2.05) is 6.92 Å². The van der Waals surface area contributed by atoms with E-state index in [0.29, 0.717) is 13.0 Å². The maximum Gasteiger partial charge on any atom is 0.303 e. The number of aliphatic carboxylic acids is 1. The van der Waals surface area contributed by atoms with E-state index < -0.39 is 5.97 Å². The Labute approximate surface area is 71.9 Å². The van der Waals surface area contributed by atoms with Gasteiger partial charge in [0.2, 0.25) is 0 Å². The molecule has 1 saturated heterocycles. The molecular weight excluding hydrogens is 158 g/mol. The van der Waals surface area contributed by atoms with E-state index in [9.17, 15) is 4.79 Å². The lowest BCUT2D eigenvalue weighted by atomic mass is 9.99. The van der Waals surface area contributed by atoms with Crippen molar-refractivity contribution >= 4 is 5.97 Å². The van der Waals surface area contributed by atoms with Gasteiger partial charge in [0.15, 0.2) is 0 Å². The first-order chi connectivity index (χ1) is 5.62. The minimum absolute atomic E-state index is 0.179. The summed E-state index contributed by atoms with van der Waals surface area (Å²) >= 11 is 0. The predicted octanol–water partition coefficient (Wildman–Crippen LogP) is 0.230. The minimum atomic E-state index is -0.759. The molecule has 0 bridgehead atoms. The number of hydrogen-bond acceptors (Lipinski definition) is 3. The molecule has 0 amide bonds. The van der Waals surface area contributed by atoms with Crippen LogP contribution in [0.5, 0.6) is 0 Å². The van der Waals surface area contributed by atoms with Crippen molar-refractivity contribution in [2.45, 2.75) is 25.4 Å². The topological polar surface area (TPSA) is 58.6 Å². The molecule has 1 unspecified atom stereocenters. The van der Waals surface area contributed by atoms with Gasteiger partial charge in [-0.2, -0.15) is 0 Å². The van der Waals surface area contributed by atoms with Gasteiger partial charge in [0.05, 0.1) is 12.2 Å². The molecule has 1 rings (SSSR count). The van der Waals surface area contributed by atoms with Gasteiger partial charge < -0.3 is 15.2 Å². The van der Waals surface area contributed by atoms with Crippen molar-refractivity contribution in [3.63, 3.8) is 0 Å². The largest absolute Gasteiger partial charge is 0.481 e. The Balaban J connectivity index is 2.31. The van der Waals surface area contributed by atoms with Crippen molar-refractivity contribution in [1.29, 1.82) is 0 Å². The summed E-state index contributed by atoms with van der Waals surface area (Å²) in [4.78, 5) is 10.3. The molecular formula is C8H15NO3. The first kappa shape index (κ1) is 9.48. The van der Waals surface area contributed by atoms with Crippen LogP contribution in [-0.2, 0) is 9.53 Å². The first-order valence-corrected chi connectivity index (χ1v) is 4.19. The summed E-state index contributed by atoms with van der Waals surface area (Å²) in [6.45, 7) is 4.24. The van der Waals surface area contributed by atoms with Crippen LogP contribution in [0.15, 0.2) is 0 Å². The summed E-state index contributed by atoms with van der Waals surface area (Å²) in [5.41, 5.74) is -0.281. The molecule has 1 atom stereocenters. The van der Waals surface area contributed by atoms with E-state index in [2.05, 4.69) is 5.32 Å². The number of nitrogens with one attached hydrogen (secondary N) is 1. The SMILES string of the molecule is CC1(CCC(=O)O)CNCCO1. The fourth-order valence-electron chi connectivity index (χ4n) is 1.31. The highest BCUT2D eigenvalue weighted by Crippen LogP contribution is 2.18. The molecule has 2 N–H and O–H groups in total. The molecule has 1 aliphatic heterocycles. The normalized spacial score (nSPS) is 30.1. The van der Waals surface area contributed by atoms with Gasteiger partial charge >= 0.3 is 5.97 Å². The average Bonchev–Trinajstić information content (AvgIpc) is 2.03. The lowest BCUT2D eigenvalue weighted by Gasteiger charge is -2.34. The lowest BCUT2D eigenvalue weighted by Crippen LogP contribution is -2.47. The summed E-state index contributed by atoms with van der Waals surface area (Å²) in [5.74, 6) is -0.759. The zero-order valence-electron chi connectivity index (χ0n) is 7.30. The van der Waals surface area contributed by atoms with Crippen molar-refractivity contribution < 1.29 is 14.6 Å². The second-order valence-corrected chi connectivity index (χ2v) is 3.37. The molecule has 70 valence electrons. The Hall–Kier alpha value is -0.610. The van der Waals surface area contributed by atoms with Crippen LogP contribution in [0.25, 0.3) is 0 Å². The second-order valence-electron chi connectivity index (χ2n) is 3.37. The molecule has 1 heterocycles. The summed E-state index contributed by atoms with van der Waals surface area (Å²) in [6, 6.07) is 0. The zero-order valence-corrected chi connectivity index (χ0v) is 7.30. The highest BCUT2D eigenvalue weighted by Gasteiger charge is 2.27. The maximum absolute atomic E-state index is 10.3.